The van der Waals surface area contributed by atoms with Crippen LogP contribution in [0.5, 0.6) is 11.5 Å². The molecule has 4 aromatic rings. The maximum absolute atomic E-state index is 6.01. The van der Waals surface area contributed by atoms with Crippen molar-refractivity contribution in [1.82, 2.24) is 0 Å². The van der Waals surface area contributed by atoms with E-state index in [1.807, 2.05) is 24.4 Å². The summed E-state index contributed by atoms with van der Waals surface area (Å²) in [5.41, 5.74) is 8.19. The van der Waals surface area contributed by atoms with Gasteiger partial charge in [-0.3, -0.25) is 4.99 Å². The third-order valence-electron chi connectivity index (χ3n) is 7.59. The average molecular weight is 501 g/mol. The van der Waals surface area contributed by atoms with Gasteiger partial charge in [0.1, 0.15) is 6.61 Å². The number of anilines is 1. The lowest BCUT2D eigenvalue weighted by Crippen LogP contribution is -2.28. The van der Waals surface area contributed by atoms with Gasteiger partial charge in [0, 0.05) is 17.8 Å². The predicted molar refractivity (Wildman–Crippen MR) is 155 cm³/mol. The second-order valence-electron chi connectivity index (χ2n) is 10.1. The molecule has 3 atom stereocenters. The Morgan fingerprint density at radius 2 is 1.74 bits per heavy atom. The van der Waals surface area contributed by atoms with Gasteiger partial charge >= 0.3 is 0 Å². The lowest BCUT2D eigenvalue weighted by atomic mass is 9.77. The largest absolute Gasteiger partial charge is 0.493 e. The van der Waals surface area contributed by atoms with Crippen LogP contribution in [0.15, 0.2) is 108 Å². The fourth-order valence-corrected chi connectivity index (χ4v) is 5.52. The molecule has 0 unspecified atom stereocenters. The number of fused-ring (bicyclic) bond motifs is 3. The minimum atomic E-state index is 0.291. The summed E-state index contributed by atoms with van der Waals surface area (Å²) in [4.78, 5) is 4.72. The Kier molecular flexibility index (Phi) is 6.70. The first kappa shape index (κ1) is 24.1. The van der Waals surface area contributed by atoms with Crippen molar-refractivity contribution in [3.05, 3.63) is 131 Å². The molecule has 0 spiro atoms. The molecule has 0 saturated carbocycles. The van der Waals surface area contributed by atoms with Crippen molar-refractivity contribution in [2.24, 2.45) is 10.9 Å². The molecule has 0 radical (unpaired) electrons. The van der Waals surface area contributed by atoms with Crippen molar-refractivity contribution in [2.75, 3.05) is 12.4 Å². The van der Waals surface area contributed by atoms with E-state index in [4.69, 9.17) is 14.5 Å². The van der Waals surface area contributed by atoms with E-state index in [-0.39, 0.29) is 0 Å². The normalized spacial score (nSPS) is 19.6. The quantitative estimate of drug-likeness (QED) is 0.206. The molecular formula is C34H32N2O2. The number of para-hydroxylation sites is 1. The molecule has 1 N–H and O–H groups in total. The third-order valence-corrected chi connectivity index (χ3v) is 7.59. The average Bonchev–Trinajstić information content (AvgIpc) is 3.46. The van der Waals surface area contributed by atoms with E-state index in [9.17, 15) is 0 Å². The molecule has 0 aromatic heterocycles. The number of benzene rings is 4. The van der Waals surface area contributed by atoms with Gasteiger partial charge in [0.05, 0.1) is 18.8 Å². The van der Waals surface area contributed by atoms with Crippen LogP contribution >= 0.6 is 0 Å². The Bertz CT molecular complexity index is 1470. The van der Waals surface area contributed by atoms with Crippen LogP contribution in [0.2, 0.25) is 0 Å². The number of nitrogens with one attached hydrogen (secondary N) is 1. The van der Waals surface area contributed by atoms with E-state index in [1.54, 1.807) is 7.11 Å². The van der Waals surface area contributed by atoms with E-state index in [2.05, 4.69) is 97.2 Å². The van der Waals surface area contributed by atoms with Crippen molar-refractivity contribution < 1.29 is 9.47 Å². The van der Waals surface area contributed by atoms with Crippen LogP contribution in [0.4, 0.5) is 11.4 Å². The summed E-state index contributed by atoms with van der Waals surface area (Å²) in [7, 11) is 1.66. The Morgan fingerprint density at radius 1 is 0.921 bits per heavy atom. The van der Waals surface area contributed by atoms with Crippen LogP contribution in [0.1, 0.15) is 46.2 Å². The smallest absolute Gasteiger partial charge is 0.161 e. The highest BCUT2D eigenvalue weighted by molar-refractivity contribution is 5.83. The van der Waals surface area contributed by atoms with Crippen molar-refractivity contribution >= 4 is 17.6 Å². The van der Waals surface area contributed by atoms with Crippen LogP contribution in [0.25, 0.3) is 0 Å². The molecule has 4 aromatic carbocycles. The van der Waals surface area contributed by atoms with Gasteiger partial charge in [-0.25, -0.2) is 0 Å². The van der Waals surface area contributed by atoms with Gasteiger partial charge in [-0.1, -0.05) is 72.3 Å². The summed E-state index contributed by atoms with van der Waals surface area (Å²) in [6.07, 6.45) is 7.68. The topological polar surface area (TPSA) is 42.8 Å². The maximum Gasteiger partial charge on any atom is 0.161 e. The number of hydrogen-bond acceptors (Lipinski definition) is 4. The summed E-state index contributed by atoms with van der Waals surface area (Å²) in [6.45, 7) is 2.58. The highest BCUT2D eigenvalue weighted by Crippen LogP contribution is 2.49. The number of rotatable bonds is 7. The van der Waals surface area contributed by atoms with Crippen molar-refractivity contribution in [3.8, 4) is 11.5 Å². The number of hydrogen-bond donors (Lipinski definition) is 1. The maximum atomic E-state index is 6.01. The van der Waals surface area contributed by atoms with Gasteiger partial charge in [0.15, 0.2) is 11.5 Å². The third kappa shape index (κ3) is 4.95. The number of nitrogens with zero attached hydrogens (tertiary/aromatic N) is 1. The summed E-state index contributed by atoms with van der Waals surface area (Å²) < 4.78 is 11.6. The SMILES string of the molecule is COc1cc(C=Nc2ccc([C@@H]3Nc4ccccc4[C@@H]4C=CC[C@@H]43)cc2)ccc1OCc1ccc(C)cc1. The van der Waals surface area contributed by atoms with Gasteiger partial charge in [0.2, 0.25) is 0 Å². The molecule has 1 aliphatic heterocycles. The highest BCUT2D eigenvalue weighted by atomic mass is 16.5. The van der Waals surface area contributed by atoms with Crippen LogP contribution < -0.4 is 14.8 Å². The molecule has 0 saturated heterocycles. The fourth-order valence-electron chi connectivity index (χ4n) is 5.52. The zero-order valence-corrected chi connectivity index (χ0v) is 21.8. The van der Waals surface area contributed by atoms with Crippen molar-refractivity contribution in [3.63, 3.8) is 0 Å². The molecule has 0 fully saturated rings. The van der Waals surface area contributed by atoms with E-state index in [1.165, 1.54) is 22.4 Å². The number of aliphatic imine (C=N–C) groups is 1. The number of ether oxygens (including phenoxy) is 2. The number of aryl methyl sites for hydroxylation is 1. The summed E-state index contributed by atoms with van der Waals surface area (Å²) in [6, 6.07) is 31.8. The monoisotopic (exact) mass is 500 g/mol. The molecule has 6 rings (SSSR count). The van der Waals surface area contributed by atoms with E-state index >= 15 is 0 Å². The first-order chi connectivity index (χ1) is 18.7. The minimum absolute atomic E-state index is 0.291. The zero-order valence-electron chi connectivity index (χ0n) is 21.8. The lowest BCUT2D eigenvalue weighted by molar-refractivity contribution is 0.284. The second-order valence-corrected chi connectivity index (χ2v) is 10.1. The molecule has 190 valence electrons. The number of methoxy groups -OCH3 is 1. The lowest BCUT2D eigenvalue weighted by Gasteiger charge is -2.37. The van der Waals surface area contributed by atoms with Crippen LogP contribution in [0.3, 0.4) is 0 Å². The molecule has 38 heavy (non-hydrogen) atoms. The van der Waals surface area contributed by atoms with Gasteiger partial charge < -0.3 is 14.8 Å². The van der Waals surface area contributed by atoms with Crippen molar-refractivity contribution in [2.45, 2.75) is 31.9 Å². The van der Waals surface area contributed by atoms with Crippen LogP contribution in [-0.2, 0) is 6.61 Å². The Morgan fingerprint density at radius 3 is 2.55 bits per heavy atom. The number of allylic oxidation sites excluding steroid dienone is 2. The zero-order chi connectivity index (χ0) is 25.9. The summed E-state index contributed by atoms with van der Waals surface area (Å²) >= 11 is 0. The molecule has 0 amide bonds. The fraction of sp³-hybridized carbons (Fsp3) is 0.206. The minimum Gasteiger partial charge on any atom is -0.493 e. The highest BCUT2D eigenvalue weighted by Gasteiger charge is 2.37. The van der Waals surface area contributed by atoms with E-state index < -0.39 is 0 Å². The Balaban J connectivity index is 1.14. The van der Waals surface area contributed by atoms with Crippen LogP contribution in [0, 0.1) is 12.8 Å². The standard InChI is InChI=1S/C34H32N2O2/c1-23-10-12-24(13-11-23)22-38-32-19-14-25(20-33(32)37-2)21-35-27-17-15-26(16-18-27)34-30-8-5-7-28(30)29-6-3-4-9-31(29)36-34/h3-7,9-21,28,30,34,36H,8,22H2,1-2H3/t28-,30-,34-/m0/s1. The summed E-state index contributed by atoms with van der Waals surface area (Å²) in [5.74, 6) is 2.43. The first-order valence-electron chi connectivity index (χ1n) is 13.2. The molecular weight excluding hydrogens is 468 g/mol. The molecule has 4 heteroatoms. The molecule has 1 aliphatic carbocycles. The van der Waals surface area contributed by atoms with Crippen molar-refractivity contribution in [1.29, 1.82) is 0 Å². The molecule has 2 aliphatic rings. The van der Waals surface area contributed by atoms with E-state index in [0.717, 1.165) is 29.0 Å². The van der Waals surface area contributed by atoms with Gasteiger partial charge in [-0.05, 0) is 77.9 Å². The Labute approximate surface area is 224 Å². The molecule has 0 bridgehead atoms. The second kappa shape index (κ2) is 10.6. The van der Waals surface area contributed by atoms with E-state index in [0.29, 0.717) is 30.2 Å². The molecule has 4 nitrogen and oxygen atoms in total. The first-order valence-corrected chi connectivity index (χ1v) is 13.2. The van der Waals surface area contributed by atoms with Crippen LogP contribution in [-0.4, -0.2) is 13.3 Å². The molecule has 1 heterocycles. The summed E-state index contributed by atoms with van der Waals surface area (Å²) in [5, 5.41) is 3.80. The Hall–Kier alpha value is -4.31. The van der Waals surface area contributed by atoms with Gasteiger partial charge in [0.25, 0.3) is 0 Å². The van der Waals surface area contributed by atoms with Gasteiger partial charge in [-0.15, -0.1) is 0 Å². The predicted octanol–water partition coefficient (Wildman–Crippen LogP) is 8.16. The van der Waals surface area contributed by atoms with Gasteiger partial charge in [-0.2, -0.15) is 0 Å².